The van der Waals surface area contributed by atoms with Gasteiger partial charge in [-0.15, -0.1) is 0 Å². The van der Waals surface area contributed by atoms with Gasteiger partial charge in [0.05, 0.1) is 5.60 Å². The molecule has 0 bridgehead atoms. The lowest BCUT2D eigenvalue weighted by Crippen LogP contribution is -2.32. The average molecular weight is 146 g/mol. The SMILES string of the molecule is CC.CC1(O)CCOCC1. The van der Waals surface area contributed by atoms with Crippen molar-refractivity contribution in [2.75, 3.05) is 13.2 Å². The van der Waals surface area contributed by atoms with Crippen molar-refractivity contribution < 1.29 is 9.84 Å². The third-order valence-corrected chi connectivity index (χ3v) is 1.57. The van der Waals surface area contributed by atoms with E-state index in [-0.39, 0.29) is 0 Å². The van der Waals surface area contributed by atoms with E-state index in [1.165, 1.54) is 0 Å². The fraction of sp³-hybridized carbons (Fsp3) is 1.00. The van der Waals surface area contributed by atoms with Gasteiger partial charge in [0.25, 0.3) is 0 Å². The van der Waals surface area contributed by atoms with Gasteiger partial charge >= 0.3 is 0 Å². The van der Waals surface area contributed by atoms with Gasteiger partial charge in [0.15, 0.2) is 0 Å². The van der Waals surface area contributed by atoms with Crippen LogP contribution in [0.3, 0.4) is 0 Å². The van der Waals surface area contributed by atoms with Gasteiger partial charge in [-0.05, 0) is 19.8 Å². The molecule has 2 nitrogen and oxygen atoms in total. The van der Waals surface area contributed by atoms with E-state index in [0.717, 1.165) is 12.8 Å². The molecule has 0 spiro atoms. The van der Waals surface area contributed by atoms with Gasteiger partial charge < -0.3 is 9.84 Å². The lowest BCUT2D eigenvalue weighted by atomic mass is 9.98. The molecule has 1 aliphatic heterocycles. The standard InChI is InChI=1S/C6H12O2.C2H6/c1-6(7)2-4-8-5-3-6;1-2/h7H,2-5H2,1H3;1-2H3. The maximum atomic E-state index is 9.29. The molecule has 0 aromatic carbocycles. The third-order valence-electron chi connectivity index (χ3n) is 1.57. The normalized spacial score (nSPS) is 22.8. The predicted octanol–water partition coefficient (Wildman–Crippen LogP) is 1.57. The summed E-state index contributed by atoms with van der Waals surface area (Å²) in [6.45, 7) is 7.29. The van der Waals surface area contributed by atoms with E-state index in [1.54, 1.807) is 0 Å². The number of ether oxygens (including phenoxy) is 1. The molecule has 1 rings (SSSR count). The lowest BCUT2D eigenvalue weighted by molar-refractivity contribution is -0.0508. The fourth-order valence-corrected chi connectivity index (χ4v) is 0.811. The first kappa shape index (κ1) is 9.92. The summed E-state index contributed by atoms with van der Waals surface area (Å²) >= 11 is 0. The Kier molecular flexibility index (Phi) is 4.65. The van der Waals surface area contributed by atoms with E-state index >= 15 is 0 Å². The molecule has 62 valence electrons. The second-order valence-corrected chi connectivity index (χ2v) is 2.61. The van der Waals surface area contributed by atoms with E-state index in [0.29, 0.717) is 13.2 Å². The van der Waals surface area contributed by atoms with Crippen molar-refractivity contribution in [1.82, 2.24) is 0 Å². The van der Waals surface area contributed by atoms with Crippen LogP contribution in [0.1, 0.15) is 33.6 Å². The van der Waals surface area contributed by atoms with Crippen molar-refractivity contribution in [1.29, 1.82) is 0 Å². The Bertz CT molecular complexity index is 71.3. The van der Waals surface area contributed by atoms with Gasteiger partial charge in [0.1, 0.15) is 0 Å². The second kappa shape index (κ2) is 4.69. The molecule has 1 N–H and O–H groups in total. The summed E-state index contributed by atoms with van der Waals surface area (Å²) in [6, 6.07) is 0. The second-order valence-electron chi connectivity index (χ2n) is 2.61. The van der Waals surface area contributed by atoms with Gasteiger partial charge in [-0.25, -0.2) is 0 Å². The topological polar surface area (TPSA) is 29.5 Å². The van der Waals surface area contributed by atoms with Gasteiger partial charge in [0, 0.05) is 13.2 Å². The molecule has 1 fully saturated rings. The first-order chi connectivity index (χ1) is 4.71. The van der Waals surface area contributed by atoms with Crippen LogP contribution in [0, 0.1) is 0 Å². The summed E-state index contributed by atoms with van der Waals surface area (Å²) in [5.74, 6) is 0. The smallest absolute Gasteiger partial charge is 0.0663 e. The Morgan fingerprint density at radius 2 is 1.60 bits per heavy atom. The Labute approximate surface area is 63.2 Å². The molecule has 0 radical (unpaired) electrons. The Morgan fingerprint density at radius 1 is 1.20 bits per heavy atom. The molecule has 0 amide bonds. The van der Waals surface area contributed by atoms with Crippen LogP contribution in [0.25, 0.3) is 0 Å². The first-order valence-electron chi connectivity index (χ1n) is 4.01. The number of hydrogen-bond donors (Lipinski definition) is 1. The maximum Gasteiger partial charge on any atom is 0.0663 e. The molecule has 0 unspecified atom stereocenters. The van der Waals surface area contributed by atoms with Crippen molar-refractivity contribution in [3.8, 4) is 0 Å². The molecular formula is C8H18O2. The maximum absolute atomic E-state index is 9.29. The number of hydrogen-bond acceptors (Lipinski definition) is 2. The molecule has 1 aliphatic rings. The van der Waals surface area contributed by atoms with Crippen molar-refractivity contribution in [3.05, 3.63) is 0 Å². The molecule has 1 heterocycles. The fourth-order valence-electron chi connectivity index (χ4n) is 0.811. The molecule has 0 saturated carbocycles. The van der Waals surface area contributed by atoms with Crippen LogP contribution in [0.2, 0.25) is 0 Å². The Morgan fingerprint density at radius 3 is 1.80 bits per heavy atom. The first-order valence-corrected chi connectivity index (χ1v) is 4.01. The van der Waals surface area contributed by atoms with Gasteiger partial charge in [-0.1, -0.05) is 13.8 Å². The monoisotopic (exact) mass is 146 g/mol. The van der Waals surface area contributed by atoms with Crippen LogP contribution >= 0.6 is 0 Å². The zero-order valence-electron chi connectivity index (χ0n) is 7.18. The lowest BCUT2D eigenvalue weighted by Gasteiger charge is -2.27. The van der Waals surface area contributed by atoms with Crippen LogP contribution < -0.4 is 0 Å². The predicted molar refractivity (Wildman–Crippen MR) is 42.0 cm³/mol. The van der Waals surface area contributed by atoms with E-state index in [9.17, 15) is 5.11 Å². The number of aliphatic hydroxyl groups is 1. The quantitative estimate of drug-likeness (QED) is 0.562. The van der Waals surface area contributed by atoms with Crippen LogP contribution in [-0.2, 0) is 4.74 Å². The minimum absolute atomic E-state index is 0.446. The van der Waals surface area contributed by atoms with Crippen LogP contribution in [-0.4, -0.2) is 23.9 Å². The molecule has 0 aliphatic carbocycles. The molecule has 0 aromatic heterocycles. The van der Waals surface area contributed by atoms with E-state index in [1.807, 2.05) is 20.8 Å². The average Bonchev–Trinajstić information content (AvgIpc) is 1.92. The van der Waals surface area contributed by atoms with E-state index < -0.39 is 5.60 Å². The summed E-state index contributed by atoms with van der Waals surface area (Å²) in [7, 11) is 0. The van der Waals surface area contributed by atoms with E-state index in [4.69, 9.17) is 4.74 Å². The summed E-state index contributed by atoms with van der Waals surface area (Å²) in [5.41, 5.74) is -0.446. The van der Waals surface area contributed by atoms with Crippen molar-refractivity contribution in [2.24, 2.45) is 0 Å². The highest BCUT2D eigenvalue weighted by Crippen LogP contribution is 2.18. The minimum Gasteiger partial charge on any atom is -0.390 e. The third kappa shape index (κ3) is 3.85. The molecule has 1 saturated heterocycles. The molecule has 0 aromatic rings. The highest BCUT2D eigenvalue weighted by atomic mass is 16.5. The Hall–Kier alpha value is -0.0800. The van der Waals surface area contributed by atoms with Crippen molar-refractivity contribution in [2.45, 2.75) is 39.2 Å². The van der Waals surface area contributed by atoms with Gasteiger partial charge in [0.2, 0.25) is 0 Å². The van der Waals surface area contributed by atoms with Gasteiger partial charge in [-0.2, -0.15) is 0 Å². The van der Waals surface area contributed by atoms with Crippen LogP contribution in [0.15, 0.2) is 0 Å². The molecule has 0 atom stereocenters. The van der Waals surface area contributed by atoms with Crippen LogP contribution in [0.4, 0.5) is 0 Å². The summed E-state index contributed by atoms with van der Waals surface area (Å²) in [6.07, 6.45) is 1.57. The highest BCUT2D eigenvalue weighted by molar-refractivity contribution is 4.74. The van der Waals surface area contributed by atoms with Crippen molar-refractivity contribution in [3.63, 3.8) is 0 Å². The van der Waals surface area contributed by atoms with Crippen LogP contribution in [0.5, 0.6) is 0 Å². The summed E-state index contributed by atoms with van der Waals surface area (Å²) in [5, 5.41) is 9.29. The zero-order chi connectivity index (χ0) is 8.04. The zero-order valence-corrected chi connectivity index (χ0v) is 7.18. The summed E-state index contributed by atoms with van der Waals surface area (Å²) in [4.78, 5) is 0. The minimum atomic E-state index is -0.446. The molecule has 10 heavy (non-hydrogen) atoms. The highest BCUT2D eigenvalue weighted by Gasteiger charge is 2.22. The van der Waals surface area contributed by atoms with Crippen molar-refractivity contribution >= 4 is 0 Å². The number of rotatable bonds is 0. The summed E-state index contributed by atoms with van der Waals surface area (Å²) < 4.78 is 5.05. The largest absolute Gasteiger partial charge is 0.390 e. The van der Waals surface area contributed by atoms with Gasteiger partial charge in [-0.3, -0.25) is 0 Å². The molecular weight excluding hydrogens is 128 g/mol. The van der Waals surface area contributed by atoms with E-state index in [2.05, 4.69) is 0 Å². The Balaban J connectivity index is 0.000000371. The molecule has 2 heteroatoms.